The molecule has 2 rings (SSSR count). The van der Waals surface area contributed by atoms with Crippen LogP contribution in [0.15, 0.2) is 34.7 Å². The highest BCUT2D eigenvalue weighted by molar-refractivity contribution is 5.77. The first-order chi connectivity index (χ1) is 8.52. The van der Waals surface area contributed by atoms with Gasteiger partial charge >= 0.3 is 6.18 Å². The molecule has 1 unspecified atom stereocenters. The van der Waals surface area contributed by atoms with E-state index in [4.69, 9.17) is 4.42 Å². The summed E-state index contributed by atoms with van der Waals surface area (Å²) < 4.78 is 44.1. The minimum atomic E-state index is -4.36. The maximum atomic E-state index is 12.9. The van der Waals surface area contributed by atoms with Crippen LogP contribution in [-0.4, -0.2) is 12.7 Å². The first-order valence-corrected chi connectivity index (χ1v) is 5.81. The zero-order chi connectivity index (χ0) is 13.2. The van der Waals surface area contributed by atoms with E-state index in [0.29, 0.717) is 23.9 Å². The van der Waals surface area contributed by atoms with Crippen LogP contribution in [0, 0.1) is 0 Å². The lowest BCUT2D eigenvalue weighted by atomic mass is 10.2. The predicted octanol–water partition coefficient (Wildman–Crippen LogP) is 4.04. The smallest absolute Gasteiger partial charge is 0.410 e. The van der Waals surface area contributed by atoms with Crippen molar-refractivity contribution in [3.8, 4) is 0 Å². The summed E-state index contributed by atoms with van der Waals surface area (Å²) in [6.45, 7) is 2.11. The molecule has 2 nitrogen and oxygen atoms in total. The maximum Gasteiger partial charge on any atom is 0.410 e. The molecule has 0 aliphatic heterocycles. The van der Waals surface area contributed by atoms with Gasteiger partial charge in [-0.25, -0.2) is 0 Å². The highest BCUT2D eigenvalue weighted by Gasteiger charge is 2.42. The number of rotatable bonds is 4. The van der Waals surface area contributed by atoms with Gasteiger partial charge in [-0.15, -0.1) is 0 Å². The highest BCUT2D eigenvalue weighted by atomic mass is 19.4. The number of benzene rings is 1. The summed E-state index contributed by atoms with van der Waals surface area (Å²) in [5.41, 5.74) is 0.472. The van der Waals surface area contributed by atoms with Crippen molar-refractivity contribution in [2.24, 2.45) is 0 Å². The lowest BCUT2D eigenvalue weighted by Gasteiger charge is -2.19. The second kappa shape index (κ2) is 5.02. The molecule has 0 aliphatic rings. The van der Waals surface area contributed by atoms with E-state index >= 15 is 0 Å². The van der Waals surface area contributed by atoms with Gasteiger partial charge in [0.2, 0.25) is 0 Å². The van der Waals surface area contributed by atoms with Crippen molar-refractivity contribution in [1.82, 2.24) is 5.32 Å². The van der Waals surface area contributed by atoms with Crippen molar-refractivity contribution in [3.05, 3.63) is 36.1 Å². The van der Waals surface area contributed by atoms with E-state index in [1.807, 2.05) is 6.92 Å². The molecule has 0 aliphatic carbocycles. The Morgan fingerprint density at radius 3 is 2.61 bits per heavy atom. The third-order valence-electron chi connectivity index (χ3n) is 2.65. The SMILES string of the molecule is CCCNC(c1cc2ccccc2o1)C(F)(F)F. The standard InChI is InChI=1S/C13H14F3NO/c1-2-7-17-12(13(14,15)16)11-8-9-5-3-4-6-10(9)18-11/h3-6,8,12,17H,2,7H2,1H3. The molecular weight excluding hydrogens is 243 g/mol. The van der Waals surface area contributed by atoms with E-state index in [9.17, 15) is 13.2 Å². The molecule has 1 heterocycles. The minimum absolute atomic E-state index is 0.0860. The number of hydrogen-bond donors (Lipinski definition) is 1. The second-order valence-electron chi connectivity index (χ2n) is 4.12. The van der Waals surface area contributed by atoms with Crippen LogP contribution in [-0.2, 0) is 0 Å². The lowest BCUT2D eigenvalue weighted by Crippen LogP contribution is -2.34. The van der Waals surface area contributed by atoms with Crippen molar-refractivity contribution < 1.29 is 17.6 Å². The summed E-state index contributed by atoms with van der Waals surface area (Å²) >= 11 is 0. The Balaban J connectivity index is 2.35. The molecule has 0 saturated carbocycles. The molecule has 0 bridgehead atoms. The average Bonchev–Trinajstić information content (AvgIpc) is 2.70. The maximum absolute atomic E-state index is 12.9. The second-order valence-corrected chi connectivity index (χ2v) is 4.12. The minimum Gasteiger partial charge on any atom is -0.459 e. The molecule has 1 aromatic heterocycles. The van der Waals surface area contributed by atoms with Crippen LogP contribution in [0.3, 0.4) is 0 Å². The molecule has 0 spiro atoms. The molecule has 98 valence electrons. The van der Waals surface area contributed by atoms with Gasteiger partial charge in [-0.1, -0.05) is 25.1 Å². The molecule has 1 aromatic carbocycles. The zero-order valence-corrected chi connectivity index (χ0v) is 9.92. The van der Waals surface area contributed by atoms with Gasteiger partial charge in [0.1, 0.15) is 11.3 Å². The van der Waals surface area contributed by atoms with Crippen molar-refractivity contribution in [2.45, 2.75) is 25.6 Å². The highest BCUT2D eigenvalue weighted by Crippen LogP contribution is 2.35. The Bertz CT molecular complexity index is 485. The van der Waals surface area contributed by atoms with Crippen LogP contribution in [0.25, 0.3) is 11.0 Å². The number of alkyl halides is 3. The van der Waals surface area contributed by atoms with Gasteiger partial charge in [-0.05, 0) is 25.1 Å². The molecular formula is C13H14F3NO. The largest absolute Gasteiger partial charge is 0.459 e. The Hall–Kier alpha value is -1.49. The quantitative estimate of drug-likeness (QED) is 0.894. The van der Waals surface area contributed by atoms with Crippen LogP contribution < -0.4 is 5.32 Å². The van der Waals surface area contributed by atoms with E-state index in [-0.39, 0.29) is 5.76 Å². The Labute approximate surface area is 103 Å². The van der Waals surface area contributed by atoms with Gasteiger partial charge in [0.25, 0.3) is 0 Å². The van der Waals surface area contributed by atoms with Gasteiger partial charge in [-0.2, -0.15) is 13.2 Å². The number of nitrogens with one attached hydrogen (secondary N) is 1. The van der Waals surface area contributed by atoms with Gasteiger partial charge in [0, 0.05) is 5.39 Å². The Morgan fingerprint density at radius 2 is 2.00 bits per heavy atom. The van der Waals surface area contributed by atoms with Crippen LogP contribution in [0.5, 0.6) is 0 Å². The monoisotopic (exact) mass is 257 g/mol. The predicted molar refractivity (Wildman–Crippen MR) is 63.3 cm³/mol. The van der Waals surface area contributed by atoms with Gasteiger partial charge in [-0.3, -0.25) is 5.32 Å². The third-order valence-corrected chi connectivity index (χ3v) is 2.65. The van der Waals surface area contributed by atoms with Crippen molar-refractivity contribution in [2.75, 3.05) is 6.54 Å². The number of fused-ring (bicyclic) bond motifs is 1. The van der Waals surface area contributed by atoms with Crippen molar-refractivity contribution in [1.29, 1.82) is 0 Å². The van der Waals surface area contributed by atoms with Gasteiger partial charge < -0.3 is 4.42 Å². The van der Waals surface area contributed by atoms with E-state index < -0.39 is 12.2 Å². The summed E-state index contributed by atoms with van der Waals surface area (Å²) in [6, 6.07) is 6.59. The van der Waals surface area contributed by atoms with E-state index in [1.165, 1.54) is 6.07 Å². The molecule has 0 saturated heterocycles. The normalized spacial score (nSPS) is 14.0. The molecule has 5 heteroatoms. The molecule has 0 amide bonds. The number of para-hydroxylation sites is 1. The summed E-state index contributed by atoms with van der Waals surface area (Å²) in [7, 11) is 0. The van der Waals surface area contributed by atoms with Crippen LogP contribution in [0.1, 0.15) is 25.1 Å². The molecule has 1 atom stereocenters. The van der Waals surface area contributed by atoms with Gasteiger partial charge in [0.15, 0.2) is 6.04 Å². The lowest BCUT2D eigenvalue weighted by molar-refractivity contribution is -0.161. The Morgan fingerprint density at radius 1 is 1.28 bits per heavy atom. The summed E-state index contributed by atoms with van der Waals surface area (Å²) in [4.78, 5) is 0. The van der Waals surface area contributed by atoms with Crippen LogP contribution >= 0.6 is 0 Å². The summed E-state index contributed by atoms with van der Waals surface area (Å²) in [6.07, 6.45) is -3.73. The fraction of sp³-hybridized carbons (Fsp3) is 0.385. The van der Waals surface area contributed by atoms with E-state index in [0.717, 1.165) is 0 Å². The summed E-state index contributed by atoms with van der Waals surface area (Å²) in [5, 5.41) is 3.15. The van der Waals surface area contributed by atoms with Crippen LogP contribution in [0.4, 0.5) is 13.2 Å². The van der Waals surface area contributed by atoms with Crippen LogP contribution in [0.2, 0.25) is 0 Å². The first-order valence-electron chi connectivity index (χ1n) is 5.81. The molecule has 1 N–H and O–H groups in total. The van der Waals surface area contributed by atoms with Crippen molar-refractivity contribution in [3.63, 3.8) is 0 Å². The number of hydrogen-bond acceptors (Lipinski definition) is 2. The zero-order valence-electron chi connectivity index (χ0n) is 9.92. The van der Waals surface area contributed by atoms with Crippen molar-refractivity contribution >= 4 is 11.0 Å². The van der Waals surface area contributed by atoms with Gasteiger partial charge in [0.05, 0.1) is 0 Å². The first kappa shape index (κ1) is 13.0. The Kier molecular flexibility index (Phi) is 3.61. The third kappa shape index (κ3) is 2.67. The molecule has 18 heavy (non-hydrogen) atoms. The number of halogens is 3. The van der Waals surface area contributed by atoms with E-state index in [2.05, 4.69) is 5.32 Å². The van der Waals surface area contributed by atoms with E-state index in [1.54, 1.807) is 24.3 Å². The average molecular weight is 257 g/mol. The molecule has 2 aromatic rings. The fourth-order valence-corrected chi connectivity index (χ4v) is 1.81. The topological polar surface area (TPSA) is 25.2 Å². The number of furan rings is 1. The molecule has 0 radical (unpaired) electrons. The summed E-state index contributed by atoms with van der Waals surface area (Å²) in [5.74, 6) is -0.0860. The fourth-order valence-electron chi connectivity index (χ4n) is 1.81. The molecule has 0 fully saturated rings.